The number of hydrogen-bond donors (Lipinski definition) is 2. The second kappa shape index (κ2) is 7.82. The fourth-order valence-electron chi connectivity index (χ4n) is 1.98. The third kappa shape index (κ3) is 5.75. The summed E-state index contributed by atoms with van der Waals surface area (Å²) < 4.78 is 37.8. The standard InChI is InChI=1S/C15H19F3N2O2/c1-2-3-7-12(14(19)22)20-13(21)9-10-5-4-6-11(8-10)15(16,17)18/h4-6,8,12H,2-3,7,9H2,1H3,(H2,19,22)(H,20,21)/t12-/m1/s1. The number of primary amides is 1. The number of carbonyl (C=O) groups excluding carboxylic acids is 2. The minimum atomic E-state index is -4.45. The summed E-state index contributed by atoms with van der Waals surface area (Å²) in [5, 5.41) is 2.46. The van der Waals surface area contributed by atoms with Crippen molar-refractivity contribution in [1.29, 1.82) is 0 Å². The molecular formula is C15H19F3N2O2. The summed E-state index contributed by atoms with van der Waals surface area (Å²) >= 11 is 0. The molecule has 0 saturated carbocycles. The van der Waals surface area contributed by atoms with Crippen molar-refractivity contribution in [3.63, 3.8) is 0 Å². The molecule has 22 heavy (non-hydrogen) atoms. The molecule has 0 saturated heterocycles. The van der Waals surface area contributed by atoms with Crippen LogP contribution in [0.1, 0.15) is 37.3 Å². The van der Waals surface area contributed by atoms with E-state index in [0.29, 0.717) is 6.42 Å². The number of halogens is 3. The normalized spacial score (nSPS) is 12.7. The van der Waals surface area contributed by atoms with Gasteiger partial charge < -0.3 is 11.1 Å². The molecule has 3 N–H and O–H groups in total. The molecule has 4 nitrogen and oxygen atoms in total. The second-order valence-electron chi connectivity index (χ2n) is 5.04. The van der Waals surface area contributed by atoms with Gasteiger partial charge in [-0.3, -0.25) is 9.59 Å². The molecule has 1 rings (SSSR count). The first-order valence-electron chi connectivity index (χ1n) is 6.99. The van der Waals surface area contributed by atoms with Gasteiger partial charge in [-0.1, -0.05) is 38.0 Å². The zero-order chi connectivity index (χ0) is 16.8. The van der Waals surface area contributed by atoms with Crippen LogP contribution in [0.2, 0.25) is 0 Å². The van der Waals surface area contributed by atoms with Gasteiger partial charge in [0.25, 0.3) is 0 Å². The fraction of sp³-hybridized carbons (Fsp3) is 0.467. The van der Waals surface area contributed by atoms with Gasteiger partial charge in [-0.15, -0.1) is 0 Å². The van der Waals surface area contributed by atoms with Gasteiger partial charge in [-0.05, 0) is 18.1 Å². The SMILES string of the molecule is CCCC[C@@H](NC(=O)Cc1cccc(C(F)(F)F)c1)C(N)=O. The van der Waals surface area contributed by atoms with Crippen molar-refractivity contribution in [3.05, 3.63) is 35.4 Å². The number of nitrogens with one attached hydrogen (secondary N) is 1. The first-order valence-corrected chi connectivity index (χ1v) is 6.99. The highest BCUT2D eigenvalue weighted by molar-refractivity contribution is 5.87. The predicted octanol–water partition coefficient (Wildman–Crippen LogP) is 2.41. The average Bonchev–Trinajstić information content (AvgIpc) is 2.42. The molecule has 1 atom stereocenters. The zero-order valence-corrected chi connectivity index (χ0v) is 12.2. The molecule has 0 unspecified atom stereocenters. The van der Waals surface area contributed by atoms with Gasteiger partial charge in [0.05, 0.1) is 12.0 Å². The lowest BCUT2D eigenvalue weighted by Crippen LogP contribution is -2.44. The van der Waals surface area contributed by atoms with Crippen molar-refractivity contribution in [2.24, 2.45) is 5.73 Å². The van der Waals surface area contributed by atoms with E-state index in [9.17, 15) is 22.8 Å². The third-order valence-corrected chi connectivity index (χ3v) is 3.14. The van der Waals surface area contributed by atoms with Crippen LogP contribution in [-0.4, -0.2) is 17.9 Å². The lowest BCUT2D eigenvalue weighted by molar-refractivity contribution is -0.137. The maximum atomic E-state index is 12.6. The van der Waals surface area contributed by atoms with Gasteiger partial charge in [0, 0.05) is 0 Å². The van der Waals surface area contributed by atoms with Crippen LogP contribution in [0.5, 0.6) is 0 Å². The lowest BCUT2D eigenvalue weighted by atomic mass is 10.1. The molecule has 0 bridgehead atoms. The Bertz CT molecular complexity index is 530. The summed E-state index contributed by atoms with van der Waals surface area (Å²) in [6, 6.07) is 3.74. The van der Waals surface area contributed by atoms with Crippen LogP contribution in [0.4, 0.5) is 13.2 Å². The summed E-state index contributed by atoms with van der Waals surface area (Å²) in [6.07, 6.45) is -2.71. The minimum Gasteiger partial charge on any atom is -0.368 e. The highest BCUT2D eigenvalue weighted by Gasteiger charge is 2.30. The first kappa shape index (κ1) is 18.0. The van der Waals surface area contributed by atoms with Crippen LogP contribution in [0, 0.1) is 0 Å². The Morgan fingerprint density at radius 2 is 2.00 bits per heavy atom. The minimum absolute atomic E-state index is 0.228. The van der Waals surface area contributed by atoms with E-state index < -0.39 is 29.6 Å². The summed E-state index contributed by atoms with van der Waals surface area (Å²) in [4.78, 5) is 23.1. The number of hydrogen-bond acceptors (Lipinski definition) is 2. The largest absolute Gasteiger partial charge is 0.416 e. The maximum absolute atomic E-state index is 12.6. The maximum Gasteiger partial charge on any atom is 0.416 e. The Hall–Kier alpha value is -2.05. The number of rotatable bonds is 7. The van der Waals surface area contributed by atoms with E-state index in [4.69, 9.17) is 5.73 Å². The number of benzene rings is 1. The first-order chi connectivity index (χ1) is 10.2. The Labute approximate surface area is 126 Å². The third-order valence-electron chi connectivity index (χ3n) is 3.14. The van der Waals surface area contributed by atoms with Crippen molar-refractivity contribution < 1.29 is 22.8 Å². The Morgan fingerprint density at radius 3 is 2.55 bits per heavy atom. The second-order valence-corrected chi connectivity index (χ2v) is 5.04. The van der Waals surface area contributed by atoms with Crippen LogP contribution in [0.3, 0.4) is 0 Å². The van der Waals surface area contributed by atoms with Gasteiger partial charge >= 0.3 is 6.18 Å². The van der Waals surface area contributed by atoms with E-state index in [1.165, 1.54) is 12.1 Å². The highest BCUT2D eigenvalue weighted by atomic mass is 19.4. The number of nitrogens with two attached hydrogens (primary N) is 1. The lowest BCUT2D eigenvalue weighted by Gasteiger charge is -2.15. The van der Waals surface area contributed by atoms with E-state index in [0.717, 1.165) is 25.0 Å². The van der Waals surface area contributed by atoms with Crippen molar-refractivity contribution in [2.45, 2.75) is 44.8 Å². The predicted molar refractivity (Wildman–Crippen MR) is 75.8 cm³/mol. The van der Waals surface area contributed by atoms with E-state index in [1.807, 2.05) is 6.92 Å². The van der Waals surface area contributed by atoms with Crippen molar-refractivity contribution in [2.75, 3.05) is 0 Å². The molecule has 1 aromatic rings. The van der Waals surface area contributed by atoms with Crippen LogP contribution in [-0.2, 0) is 22.2 Å². The number of unbranched alkanes of at least 4 members (excludes halogenated alkanes) is 1. The van der Waals surface area contributed by atoms with Crippen molar-refractivity contribution >= 4 is 11.8 Å². The molecule has 0 radical (unpaired) electrons. The van der Waals surface area contributed by atoms with Gasteiger partial charge in [0.2, 0.25) is 11.8 Å². The molecule has 0 heterocycles. The molecular weight excluding hydrogens is 297 g/mol. The van der Waals surface area contributed by atoms with Crippen molar-refractivity contribution in [3.8, 4) is 0 Å². The molecule has 2 amide bonds. The van der Waals surface area contributed by atoms with Gasteiger partial charge in [0.15, 0.2) is 0 Å². The molecule has 0 aliphatic rings. The number of amides is 2. The van der Waals surface area contributed by atoms with Crippen molar-refractivity contribution in [1.82, 2.24) is 5.32 Å². The van der Waals surface area contributed by atoms with E-state index >= 15 is 0 Å². The monoisotopic (exact) mass is 316 g/mol. The number of alkyl halides is 3. The van der Waals surface area contributed by atoms with Crippen LogP contribution in [0.25, 0.3) is 0 Å². The average molecular weight is 316 g/mol. The molecule has 0 aliphatic heterocycles. The fourth-order valence-corrected chi connectivity index (χ4v) is 1.98. The molecule has 0 aromatic heterocycles. The quantitative estimate of drug-likeness (QED) is 0.811. The summed E-state index contributed by atoms with van der Waals surface area (Å²) in [5.74, 6) is -1.18. The molecule has 0 aliphatic carbocycles. The zero-order valence-electron chi connectivity index (χ0n) is 12.2. The van der Waals surface area contributed by atoms with Gasteiger partial charge in [0.1, 0.15) is 6.04 Å². The topological polar surface area (TPSA) is 72.2 Å². The van der Waals surface area contributed by atoms with Gasteiger partial charge in [-0.2, -0.15) is 13.2 Å². The number of carbonyl (C=O) groups is 2. The van der Waals surface area contributed by atoms with E-state index in [-0.39, 0.29) is 12.0 Å². The Morgan fingerprint density at radius 1 is 1.32 bits per heavy atom. The smallest absolute Gasteiger partial charge is 0.368 e. The van der Waals surface area contributed by atoms with E-state index in [1.54, 1.807) is 0 Å². The summed E-state index contributed by atoms with van der Waals surface area (Å²) in [7, 11) is 0. The molecule has 0 fully saturated rings. The molecule has 122 valence electrons. The Kier molecular flexibility index (Phi) is 6.39. The van der Waals surface area contributed by atoms with Crippen LogP contribution < -0.4 is 11.1 Å². The van der Waals surface area contributed by atoms with Gasteiger partial charge in [-0.25, -0.2) is 0 Å². The Balaban J connectivity index is 2.70. The highest BCUT2D eigenvalue weighted by Crippen LogP contribution is 2.29. The summed E-state index contributed by atoms with van der Waals surface area (Å²) in [6.45, 7) is 1.93. The molecule has 1 aromatic carbocycles. The van der Waals surface area contributed by atoms with E-state index in [2.05, 4.69) is 5.32 Å². The molecule has 0 spiro atoms. The summed E-state index contributed by atoms with van der Waals surface area (Å²) in [5.41, 5.74) is 4.62. The van der Waals surface area contributed by atoms with Crippen LogP contribution in [0.15, 0.2) is 24.3 Å². The molecule has 7 heteroatoms. The van der Waals surface area contributed by atoms with Crippen LogP contribution >= 0.6 is 0 Å².